The Labute approximate surface area is 75.4 Å². The normalized spacial score (nSPS) is 31.2. The molecule has 3 atom stereocenters. The third-order valence-corrected chi connectivity index (χ3v) is 2.13. The molecule has 0 bridgehead atoms. The van der Waals surface area contributed by atoms with Gasteiger partial charge in [0, 0.05) is 4.83 Å². The van der Waals surface area contributed by atoms with Gasteiger partial charge in [-0.15, -0.1) is 0 Å². The molecule has 1 saturated carbocycles. The van der Waals surface area contributed by atoms with Gasteiger partial charge in [-0.25, -0.2) is 0 Å². The highest BCUT2D eigenvalue weighted by Crippen LogP contribution is 2.38. The minimum absolute atomic E-state index is 0.0243. The molecule has 1 aliphatic rings. The first-order chi connectivity index (χ1) is 5.11. The first-order valence-corrected chi connectivity index (χ1v) is 4.83. The maximum atomic E-state index is 11.1. The molecule has 64 valence electrons. The number of esters is 1. The van der Waals surface area contributed by atoms with Crippen LogP contribution in [-0.2, 0) is 9.53 Å². The summed E-state index contributed by atoms with van der Waals surface area (Å²) in [5, 5.41) is 0. The second kappa shape index (κ2) is 3.57. The Morgan fingerprint density at radius 3 is 2.73 bits per heavy atom. The van der Waals surface area contributed by atoms with Crippen LogP contribution in [0, 0.1) is 11.8 Å². The first-order valence-electron chi connectivity index (χ1n) is 3.92. The number of carbonyl (C=O) groups is 1. The Hall–Kier alpha value is -0.0500. The van der Waals surface area contributed by atoms with Crippen molar-refractivity contribution in [1.29, 1.82) is 0 Å². The molecule has 0 saturated heterocycles. The monoisotopic (exact) mass is 220 g/mol. The molecule has 0 aromatic carbocycles. The van der Waals surface area contributed by atoms with Crippen LogP contribution >= 0.6 is 15.9 Å². The van der Waals surface area contributed by atoms with Gasteiger partial charge in [-0.05, 0) is 19.3 Å². The molecule has 0 aliphatic heterocycles. The number of hydrogen-bond acceptors (Lipinski definition) is 2. The molecule has 0 radical (unpaired) electrons. The van der Waals surface area contributed by atoms with E-state index in [0.29, 0.717) is 12.5 Å². The Morgan fingerprint density at radius 1 is 1.82 bits per heavy atom. The summed E-state index contributed by atoms with van der Waals surface area (Å²) in [4.78, 5) is 11.3. The Kier molecular flexibility index (Phi) is 2.93. The van der Waals surface area contributed by atoms with E-state index in [0.717, 1.165) is 6.42 Å². The summed E-state index contributed by atoms with van der Waals surface area (Å²) in [6, 6.07) is 0. The molecule has 0 spiro atoms. The lowest BCUT2D eigenvalue weighted by molar-refractivity contribution is -0.145. The number of rotatable bonds is 3. The summed E-state index contributed by atoms with van der Waals surface area (Å²) < 4.78 is 5.01. The Morgan fingerprint density at radius 2 is 2.36 bits per heavy atom. The fraction of sp³-hybridized carbons (Fsp3) is 0.875. The van der Waals surface area contributed by atoms with Gasteiger partial charge in [0.05, 0.1) is 5.92 Å². The van der Waals surface area contributed by atoms with Crippen molar-refractivity contribution in [2.75, 3.05) is 6.61 Å². The fourth-order valence-electron chi connectivity index (χ4n) is 0.955. The first kappa shape index (κ1) is 9.04. The van der Waals surface area contributed by atoms with Crippen molar-refractivity contribution in [2.24, 2.45) is 11.8 Å². The van der Waals surface area contributed by atoms with Gasteiger partial charge in [0.2, 0.25) is 0 Å². The van der Waals surface area contributed by atoms with Crippen molar-refractivity contribution in [1.82, 2.24) is 0 Å². The number of halogens is 1. The van der Waals surface area contributed by atoms with E-state index in [2.05, 4.69) is 22.9 Å². The van der Waals surface area contributed by atoms with Gasteiger partial charge in [0.25, 0.3) is 0 Å². The smallest absolute Gasteiger partial charge is 0.309 e. The Bertz CT molecular complexity index is 156. The standard InChI is InChI=1S/C8H13BrO2/c1-5-3-7(5)8(10)11-4-6(2)9/h5-7H,3-4H2,1-2H3. The molecule has 0 aromatic rings. The highest BCUT2D eigenvalue weighted by Gasteiger charge is 2.40. The molecule has 3 unspecified atom stereocenters. The van der Waals surface area contributed by atoms with Crippen LogP contribution in [0.2, 0.25) is 0 Å². The van der Waals surface area contributed by atoms with Crippen LogP contribution in [0.3, 0.4) is 0 Å². The molecule has 0 N–H and O–H groups in total. The second-order valence-corrected chi connectivity index (χ2v) is 4.79. The van der Waals surface area contributed by atoms with Crippen LogP contribution < -0.4 is 0 Å². The predicted molar refractivity (Wildman–Crippen MR) is 46.6 cm³/mol. The number of alkyl halides is 1. The summed E-state index contributed by atoms with van der Waals surface area (Å²) in [6.07, 6.45) is 1.01. The molecule has 0 amide bonds. The van der Waals surface area contributed by atoms with Gasteiger partial charge in [-0.2, -0.15) is 0 Å². The van der Waals surface area contributed by atoms with E-state index in [-0.39, 0.29) is 16.7 Å². The number of hydrogen-bond donors (Lipinski definition) is 0. The zero-order valence-corrected chi connectivity index (χ0v) is 8.43. The van der Waals surface area contributed by atoms with Gasteiger partial charge in [0.1, 0.15) is 6.61 Å². The van der Waals surface area contributed by atoms with Crippen molar-refractivity contribution >= 4 is 21.9 Å². The zero-order valence-electron chi connectivity index (χ0n) is 6.84. The zero-order chi connectivity index (χ0) is 8.43. The van der Waals surface area contributed by atoms with Crippen LogP contribution in [0.15, 0.2) is 0 Å². The van der Waals surface area contributed by atoms with Crippen molar-refractivity contribution in [3.8, 4) is 0 Å². The van der Waals surface area contributed by atoms with Gasteiger partial charge in [-0.3, -0.25) is 4.79 Å². The van der Waals surface area contributed by atoms with Crippen LogP contribution in [0.25, 0.3) is 0 Å². The van der Waals surface area contributed by atoms with Crippen LogP contribution in [0.4, 0.5) is 0 Å². The number of carbonyl (C=O) groups excluding carboxylic acids is 1. The third kappa shape index (κ3) is 2.81. The lowest BCUT2D eigenvalue weighted by Gasteiger charge is -2.04. The maximum absolute atomic E-state index is 11.1. The average Bonchev–Trinajstić information content (AvgIpc) is 2.61. The SMILES string of the molecule is CC(Br)COC(=O)C1CC1C. The molecule has 0 aromatic heterocycles. The predicted octanol–water partition coefficient (Wildman–Crippen LogP) is 1.97. The molecule has 1 aliphatic carbocycles. The molecule has 1 rings (SSSR count). The summed E-state index contributed by atoms with van der Waals surface area (Å²) in [5.41, 5.74) is 0. The van der Waals surface area contributed by atoms with E-state index >= 15 is 0 Å². The highest BCUT2D eigenvalue weighted by molar-refractivity contribution is 9.09. The largest absolute Gasteiger partial charge is 0.464 e. The van der Waals surface area contributed by atoms with Crippen molar-refractivity contribution in [3.63, 3.8) is 0 Å². The molecule has 11 heavy (non-hydrogen) atoms. The second-order valence-electron chi connectivity index (χ2n) is 3.23. The molecule has 3 heteroatoms. The summed E-state index contributed by atoms with van der Waals surface area (Å²) >= 11 is 3.31. The quantitative estimate of drug-likeness (QED) is 0.538. The molecule has 1 fully saturated rings. The minimum Gasteiger partial charge on any atom is -0.464 e. The summed E-state index contributed by atoms with van der Waals surface area (Å²) in [5.74, 6) is 0.721. The van der Waals surface area contributed by atoms with Gasteiger partial charge < -0.3 is 4.74 Å². The van der Waals surface area contributed by atoms with Crippen molar-refractivity contribution in [3.05, 3.63) is 0 Å². The number of ether oxygens (including phenoxy) is 1. The van der Waals surface area contributed by atoms with Crippen molar-refractivity contribution < 1.29 is 9.53 Å². The van der Waals surface area contributed by atoms with Gasteiger partial charge in [-0.1, -0.05) is 22.9 Å². The van der Waals surface area contributed by atoms with E-state index in [4.69, 9.17) is 4.74 Å². The lowest BCUT2D eigenvalue weighted by Crippen LogP contribution is -2.13. The van der Waals surface area contributed by atoms with E-state index in [1.807, 2.05) is 6.92 Å². The fourth-order valence-corrected chi connectivity index (χ4v) is 1.09. The lowest BCUT2D eigenvalue weighted by atomic mass is 10.3. The average molecular weight is 221 g/mol. The van der Waals surface area contributed by atoms with E-state index < -0.39 is 0 Å². The van der Waals surface area contributed by atoms with Crippen LogP contribution in [0.5, 0.6) is 0 Å². The molecule has 2 nitrogen and oxygen atoms in total. The molecule has 0 heterocycles. The van der Waals surface area contributed by atoms with E-state index in [1.54, 1.807) is 0 Å². The van der Waals surface area contributed by atoms with Gasteiger partial charge >= 0.3 is 5.97 Å². The third-order valence-electron chi connectivity index (χ3n) is 1.87. The van der Waals surface area contributed by atoms with E-state index in [1.165, 1.54) is 0 Å². The Balaban J connectivity index is 2.12. The highest BCUT2D eigenvalue weighted by atomic mass is 79.9. The molecular formula is C8H13BrO2. The van der Waals surface area contributed by atoms with Gasteiger partial charge in [0.15, 0.2) is 0 Å². The van der Waals surface area contributed by atoms with Crippen molar-refractivity contribution in [2.45, 2.75) is 25.1 Å². The van der Waals surface area contributed by atoms with E-state index in [9.17, 15) is 4.79 Å². The molecular weight excluding hydrogens is 208 g/mol. The summed E-state index contributed by atoms with van der Waals surface area (Å²) in [7, 11) is 0. The summed E-state index contributed by atoms with van der Waals surface area (Å²) in [6.45, 7) is 4.52. The maximum Gasteiger partial charge on any atom is 0.309 e. The van der Waals surface area contributed by atoms with Crippen LogP contribution in [0.1, 0.15) is 20.3 Å². The van der Waals surface area contributed by atoms with Crippen LogP contribution in [-0.4, -0.2) is 17.4 Å². The minimum atomic E-state index is -0.0243. The topological polar surface area (TPSA) is 26.3 Å².